The molecule has 0 spiro atoms. The SMILES string of the molecule is Cn1cnnc1CC1(c2cccc(-c3cc(C(F)(F)F)c[nH]c3=O)c2)COC1. The Hall–Kier alpha value is -2.94. The fourth-order valence-corrected chi connectivity index (χ4v) is 3.37. The Morgan fingerprint density at radius 3 is 2.68 bits per heavy atom. The molecule has 0 amide bonds. The van der Waals surface area contributed by atoms with Crippen molar-refractivity contribution >= 4 is 0 Å². The van der Waals surface area contributed by atoms with Gasteiger partial charge >= 0.3 is 6.18 Å². The number of nitrogens with one attached hydrogen (secondary N) is 1. The van der Waals surface area contributed by atoms with Crippen molar-refractivity contribution < 1.29 is 17.9 Å². The summed E-state index contributed by atoms with van der Waals surface area (Å²) in [7, 11) is 1.85. The summed E-state index contributed by atoms with van der Waals surface area (Å²) in [6, 6.07) is 7.89. The minimum atomic E-state index is -4.54. The van der Waals surface area contributed by atoms with Crippen molar-refractivity contribution in [1.82, 2.24) is 19.7 Å². The average Bonchev–Trinajstić information content (AvgIpc) is 3.02. The number of alkyl halides is 3. The first kappa shape index (κ1) is 18.4. The molecule has 2 aromatic heterocycles. The van der Waals surface area contributed by atoms with Crippen LogP contribution in [0.3, 0.4) is 0 Å². The zero-order chi connectivity index (χ0) is 19.9. The van der Waals surface area contributed by atoms with Crippen LogP contribution in [-0.2, 0) is 29.8 Å². The summed E-state index contributed by atoms with van der Waals surface area (Å²) in [5.41, 5.74) is -0.535. The summed E-state index contributed by atoms with van der Waals surface area (Å²) in [5, 5.41) is 8.01. The van der Waals surface area contributed by atoms with Gasteiger partial charge in [0.2, 0.25) is 0 Å². The highest BCUT2D eigenvalue weighted by molar-refractivity contribution is 5.64. The van der Waals surface area contributed by atoms with Crippen molar-refractivity contribution in [2.45, 2.75) is 18.0 Å². The van der Waals surface area contributed by atoms with Crippen LogP contribution in [0.1, 0.15) is 17.0 Å². The van der Waals surface area contributed by atoms with Crippen molar-refractivity contribution in [1.29, 1.82) is 0 Å². The minimum absolute atomic E-state index is 0.0225. The van der Waals surface area contributed by atoms with Crippen molar-refractivity contribution in [3.8, 4) is 11.1 Å². The average molecular weight is 390 g/mol. The lowest BCUT2D eigenvalue weighted by atomic mass is 9.75. The largest absolute Gasteiger partial charge is 0.417 e. The van der Waals surface area contributed by atoms with Crippen molar-refractivity contribution in [2.75, 3.05) is 13.2 Å². The van der Waals surface area contributed by atoms with Gasteiger partial charge < -0.3 is 14.3 Å². The van der Waals surface area contributed by atoms with Gasteiger partial charge in [0, 0.05) is 30.6 Å². The molecule has 0 unspecified atom stereocenters. The Balaban J connectivity index is 1.74. The zero-order valence-corrected chi connectivity index (χ0v) is 15.0. The molecular formula is C19H17F3N4O2. The molecule has 4 rings (SSSR count). The summed E-state index contributed by atoms with van der Waals surface area (Å²) in [6.07, 6.45) is -1.66. The maximum absolute atomic E-state index is 13.0. The number of hydrogen-bond donors (Lipinski definition) is 1. The number of H-pyrrole nitrogens is 1. The Labute approximate surface area is 158 Å². The molecule has 28 heavy (non-hydrogen) atoms. The van der Waals surface area contributed by atoms with Gasteiger partial charge in [-0.25, -0.2) is 0 Å². The summed E-state index contributed by atoms with van der Waals surface area (Å²) in [6.45, 7) is 0.921. The molecule has 6 nitrogen and oxygen atoms in total. The first-order valence-corrected chi connectivity index (χ1v) is 8.60. The van der Waals surface area contributed by atoms with Crippen LogP contribution < -0.4 is 5.56 Å². The van der Waals surface area contributed by atoms with Gasteiger partial charge in [-0.3, -0.25) is 4.79 Å². The lowest BCUT2D eigenvalue weighted by Gasteiger charge is -2.42. The number of aryl methyl sites for hydroxylation is 1. The van der Waals surface area contributed by atoms with Crippen LogP contribution in [0.15, 0.2) is 47.7 Å². The third-order valence-corrected chi connectivity index (χ3v) is 5.07. The van der Waals surface area contributed by atoms with Gasteiger partial charge in [0.05, 0.1) is 18.8 Å². The number of benzene rings is 1. The number of pyridine rings is 1. The number of hydrogen-bond acceptors (Lipinski definition) is 4. The van der Waals surface area contributed by atoms with E-state index in [1.54, 1.807) is 24.5 Å². The standard InChI is InChI=1S/C19H17F3N4O2/c1-26-11-24-25-16(26)7-18(9-28-10-18)13-4-2-3-12(5-13)15-6-14(19(20,21)22)8-23-17(15)27/h2-6,8,11H,7,9-10H2,1H3,(H,23,27). The van der Waals surface area contributed by atoms with E-state index in [0.29, 0.717) is 31.4 Å². The number of aromatic amines is 1. The number of rotatable bonds is 4. The maximum atomic E-state index is 13.0. The monoisotopic (exact) mass is 390 g/mol. The highest BCUT2D eigenvalue weighted by atomic mass is 19.4. The Bertz CT molecular complexity index is 1070. The van der Waals surface area contributed by atoms with E-state index in [-0.39, 0.29) is 11.0 Å². The van der Waals surface area contributed by atoms with E-state index < -0.39 is 17.3 Å². The molecule has 1 aromatic carbocycles. The molecule has 1 aliphatic heterocycles. The third kappa shape index (κ3) is 3.22. The van der Waals surface area contributed by atoms with Crippen molar-refractivity contribution in [2.24, 2.45) is 7.05 Å². The van der Waals surface area contributed by atoms with Gasteiger partial charge in [-0.2, -0.15) is 13.2 Å². The smallest absolute Gasteiger partial charge is 0.379 e. The molecular weight excluding hydrogens is 373 g/mol. The topological polar surface area (TPSA) is 72.8 Å². The second-order valence-electron chi connectivity index (χ2n) is 7.02. The second-order valence-corrected chi connectivity index (χ2v) is 7.02. The van der Waals surface area contributed by atoms with Gasteiger partial charge in [-0.15, -0.1) is 10.2 Å². The fourth-order valence-electron chi connectivity index (χ4n) is 3.37. The van der Waals surface area contributed by atoms with Gasteiger partial charge in [0.1, 0.15) is 12.2 Å². The van der Waals surface area contributed by atoms with E-state index in [2.05, 4.69) is 15.2 Å². The molecule has 146 valence electrons. The predicted octanol–water partition coefficient (Wildman–Crippen LogP) is 2.70. The van der Waals surface area contributed by atoms with Crippen LogP contribution in [0, 0.1) is 0 Å². The Morgan fingerprint density at radius 2 is 2.07 bits per heavy atom. The highest BCUT2D eigenvalue weighted by Crippen LogP contribution is 2.37. The van der Waals surface area contributed by atoms with E-state index in [1.807, 2.05) is 17.7 Å². The molecule has 3 heterocycles. The fraction of sp³-hybridized carbons (Fsp3) is 0.316. The molecule has 0 saturated carbocycles. The number of aromatic nitrogens is 4. The highest BCUT2D eigenvalue weighted by Gasteiger charge is 2.42. The predicted molar refractivity (Wildman–Crippen MR) is 94.7 cm³/mol. The summed E-state index contributed by atoms with van der Waals surface area (Å²) in [4.78, 5) is 14.4. The summed E-state index contributed by atoms with van der Waals surface area (Å²) < 4.78 is 46.4. The van der Waals surface area contributed by atoms with Gasteiger partial charge in [-0.1, -0.05) is 24.3 Å². The maximum Gasteiger partial charge on any atom is 0.417 e. The van der Waals surface area contributed by atoms with E-state index >= 15 is 0 Å². The number of nitrogens with zero attached hydrogens (tertiary/aromatic N) is 3. The van der Waals surface area contributed by atoms with Crippen LogP contribution in [0.4, 0.5) is 13.2 Å². The van der Waals surface area contributed by atoms with Crippen LogP contribution in [0.2, 0.25) is 0 Å². The summed E-state index contributed by atoms with van der Waals surface area (Å²) in [5.74, 6) is 0.783. The molecule has 1 fully saturated rings. The molecule has 0 bridgehead atoms. The quantitative estimate of drug-likeness (QED) is 0.744. The van der Waals surface area contributed by atoms with Crippen LogP contribution in [0.25, 0.3) is 11.1 Å². The van der Waals surface area contributed by atoms with E-state index in [4.69, 9.17) is 4.74 Å². The third-order valence-electron chi connectivity index (χ3n) is 5.07. The molecule has 0 atom stereocenters. The van der Waals surface area contributed by atoms with Crippen LogP contribution in [-0.4, -0.2) is 33.0 Å². The first-order chi connectivity index (χ1) is 13.3. The molecule has 1 aliphatic rings. The molecule has 1 N–H and O–H groups in total. The van der Waals surface area contributed by atoms with Gasteiger partial charge in [-0.05, 0) is 17.2 Å². The molecule has 0 radical (unpaired) electrons. The number of halogens is 3. The Kier molecular flexibility index (Phi) is 4.34. The summed E-state index contributed by atoms with van der Waals surface area (Å²) >= 11 is 0. The van der Waals surface area contributed by atoms with Crippen molar-refractivity contribution in [3.05, 3.63) is 70.2 Å². The lowest BCUT2D eigenvalue weighted by Crippen LogP contribution is -2.49. The number of ether oxygens (including phenoxy) is 1. The zero-order valence-electron chi connectivity index (χ0n) is 15.0. The molecule has 0 aliphatic carbocycles. The van der Waals surface area contributed by atoms with Crippen LogP contribution in [0.5, 0.6) is 0 Å². The van der Waals surface area contributed by atoms with Gasteiger partial charge in [0.25, 0.3) is 5.56 Å². The van der Waals surface area contributed by atoms with E-state index in [0.717, 1.165) is 17.5 Å². The van der Waals surface area contributed by atoms with E-state index in [9.17, 15) is 18.0 Å². The normalized spacial score (nSPS) is 16.0. The second kappa shape index (κ2) is 6.59. The van der Waals surface area contributed by atoms with Crippen molar-refractivity contribution in [3.63, 3.8) is 0 Å². The Morgan fingerprint density at radius 1 is 1.29 bits per heavy atom. The van der Waals surface area contributed by atoms with E-state index in [1.165, 1.54) is 0 Å². The van der Waals surface area contributed by atoms with Crippen LogP contribution >= 0.6 is 0 Å². The molecule has 9 heteroatoms. The first-order valence-electron chi connectivity index (χ1n) is 8.60. The minimum Gasteiger partial charge on any atom is -0.379 e. The molecule has 1 saturated heterocycles. The van der Waals surface area contributed by atoms with Gasteiger partial charge in [0.15, 0.2) is 0 Å². The lowest BCUT2D eigenvalue weighted by molar-refractivity contribution is -0.137. The molecule has 3 aromatic rings.